The van der Waals surface area contributed by atoms with Gasteiger partial charge in [0.25, 0.3) is 0 Å². The summed E-state index contributed by atoms with van der Waals surface area (Å²) < 4.78 is 4.50. The first kappa shape index (κ1) is 13.5. The zero-order chi connectivity index (χ0) is 11.0. The number of hydrogen-bond donors (Lipinski definition) is 0. The SMILES string of the molecule is COC(=O)CC(C)C(=O)CCCSC. The van der Waals surface area contributed by atoms with E-state index in [0.717, 1.165) is 12.2 Å². The normalized spacial score (nSPS) is 12.2. The summed E-state index contributed by atoms with van der Waals surface area (Å²) in [5.41, 5.74) is 0. The second kappa shape index (κ2) is 7.85. The molecule has 0 saturated carbocycles. The number of esters is 1. The number of rotatable bonds is 7. The van der Waals surface area contributed by atoms with Crippen LogP contribution in [-0.4, -0.2) is 30.9 Å². The molecule has 82 valence electrons. The summed E-state index contributed by atoms with van der Waals surface area (Å²) in [4.78, 5) is 22.3. The first-order valence-corrected chi connectivity index (χ1v) is 6.09. The Morgan fingerprint density at radius 1 is 1.43 bits per heavy atom. The van der Waals surface area contributed by atoms with Crippen LogP contribution in [-0.2, 0) is 14.3 Å². The van der Waals surface area contributed by atoms with Crippen molar-refractivity contribution in [2.24, 2.45) is 5.92 Å². The first-order chi connectivity index (χ1) is 6.61. The number of thioether (sulfide) groups is 1. The lowest BCUT2D eigenvalue weighted by atomic mass is 9.99. The number of ketones is 1. The van der Waals surface area contributed by atoms with Crippen LogP contribution in [0, 0.1) is 5.92 Å². The van der Waals surface area contributed by atoms with Gasteiger partial charge in [-0.2, -0.15) is 11.8 Å². The summed E-state index contributed by atoms with van der Waals surface area (Å²) in [6.45, 7) is 1.78. The van der Waals surface area contributed by atoms with Crippen molar-refractivity contribution in [3.05, 3.63) is 0 Å². The van der Waals surface area contributed by atoms with Gasteiger partial charge in [-0.05, 0) is 18.4 Å². The lowest BCUT2D eigenvalue weighted by Gasteiger charge is -2.08. The van der Waals surface area contributed by atoms with Crippen molar-refractivity contribution in [2.75, 3.05) is 19.1 Å². The highest BCUT2D eigenvalue weighted by Crippen LogP contribution is 2.10. The molecule has 1 unspecified atom stereocenters. The highest BCUT2D eigenvalue weighted by molar-refractivity contribution is 7.98. The van der Waals surface area contributed by atoms with Crippen LogP contribution in [0.4, 0.5) is 0 Å². The molecule has 0 aliphatic heterocycles. The molecular formula is C10H18O3S. The van der Waals surface area contributed by atoms with Gasteiger partial charge in [0.1, 0.15) is 5.78 Å². The molecule has 0 spiro atoms. The standard InChI is InChI=1S/C10H18O3S/c1-8(7-10(12)13-2)9(11)5-4-6-14-3/h8H,4-7H2,1-3H3. The monoisotopic (exact) mass is 218 g/mol. The summed E-state index contributed by atoms with van der Waals surface area (Å²) >= 11 is 1.73. The van der Waals surface area contributed by atoms with Crippen LogP contribution in [0.1, 0.15) is 26.2 Å². The van der Waals surface area contributed by atoms with Crippen LogP contribution < -0.4 is 0 Å². The summed E-state index contributed by atoms with van der Waals surface area (Å²) in [7, 11) is 1.34. The number of methoxy groups -OCH3 is 1. The van der Waals surface area contributed by atoms with Gasteiger partial charge in [-0.3, -0.25) is 9.59 Å². The average Bonchev–Trinajstić information content (AvgIpc) is 2.17. The quantitative estimate of drug-likeness (QED) is 0.483. The minimum Gasteiger partial charge on any atom is -0.469 e. The number of ether oxygens (including phenoxy) is 1. The van der Waals surface area contributed by atoms with Gasteiger partial charge in [-0.15, -0.1) is 0 Å². The maximum atomic E-state index is 11.5. The largest absolute Gasteiger partial charge is 0.469 e. The Hall–Kier alpha value is -0.510. The highest BCUT2D eigenvalue weighted by atomic mass is 32.2. The molecule has 0 fully saturated rings. The summed E-state index contributed by atoms with van der Waals surface area (Å²) in [6.07, 6.45) is 3.68. The van der Waals surface area contributed by atoms with E-state index in [1.165, 1.54) is 7.11 Å². The molecule has 0 radical (unpaired) electrons. The second-order valence-electron chi connectivity index (χ2n) is 3.24. The molecule has 0 rings (SSSR count). The minimum atomic E-state index is -0.310. The summed E-state index contributed by atoms with van der Waals surface area (Å²) in [5.74, 6) is 0.640. The molecule has 0 aliphatic rings. The molecule has 0 N–H and O–H groups in total. The lowest BCUT2D eigenvalue weighted by Crippen LogP contribution is -2.16. The Bertz CT molecular complexity index is 192. The van der Waals surface area contributed by atoms with Gasteiger partial charge in [0.05, 0.1) is 13.5 Å². The minimum absolute atomic E-state index is 0.157. The summed E-state index contributed by atoms with van der Waals surface area (Å²) in [5, 5.41) is 0. The first-order valence-electron chi connectivity index (χ1n) is 4.70. The Kier molecular flexibility index (Phi) is 7.57. The van der Waals surface area contributed by atoms with Crippen molar-refractivity contribution in [3.8, 4) is 0 Å². The van der Waals surface area contributed by atoms with E-state index in [9.17, 15) is 9.59 Å². The highest BCUT2D eigenvalue weighted by Gasteiger charge is 2.16. The van der Waals surface area contributed by atoms with E-state index in [4.69, 9.17) is 0 Å². The fourth-order valence-corrected chi connectivity index (χ4v) is 1.52. The van der Waals surface area contributed by atoms with Gasteiger partial charge in [-0.25, -0.2) is 0 Å². The van der Waals surface area contributed by atoms with E-state index >= 15 is 0 Å². The molecule has 0 bridgehead atoms. The molecule has 0 heterocycles. The Morgan fingerprint density at radius 2 is 2.07 bits per heavy atom. The predicted octanol–water partition coefficient (Wildman–Crippen LogP) is 1.90. The van der Waals surface area contributed by atoms with Gasteiger partial charge < -0.3 is 4.74 Å². The van der Waals surface area contributed by atoms with Gasteiger partial charge in [0, 0.05) is 12.3 Å². The van der Waals surface area contributed by atoms with Crippen molar-refractivity contribution in [1.29, 1.82) is 0 Å². The number of hydrogen-bond acceptors (Lipinski definition) is 4. The molecule has 1 atom stereocenters. The van der Waals surface area contributed by atoms with Gasteiger partial charge >= 0.3 is 5.97 Å². The zero-order valence-electron chi connectivity index (χ0n) is 9.04. The van der Waals surface area contributed by atoms with E-state index < -0.39 is 0 Å². The third-order valence-corrected chi connectivity index (χ3v) is 2.72. The topological polar surface area (TPSA) is 43.4 Å². The van der Waals surface area contributed by atoms with Crippen LogP contribution in [0.15, 0.2) is 0 Å². The molecule has 4 heteroatoms. The molecule has 0 aromatic heterocycles. The van der Waals surface area contributed by atoms with Crippen LogP contribution in [0.2, 0.25) is 0 Å². The van der Waals surface area contributed by atoms with Crippen molar-refractivity contribution < 1.29 is 14.3 Å². The van der Waals surface area contributed by atoms with E-state index in [2.05, 4.69) is 4.74 Å². The Morgan fingerprint density at radius 3 is 2.57 bits per heavy atom. The fraction of sp³-hybridized carbons (Fsp3) is 0.800. The maximum absolute atomic E-state index is 11.5. The van der Waals surface area contributed by atoms with Crippen LogP contribution >= 0.6 is 11.8 Å². The van der Waals surface area contributed by atoms with Crippen molar-refractivity contribution in [2.45, 2.75) is 26.2 Å². The van der Waals surface area contributed by atoms with E-state index in [-0.39, 0.29) is 24.1 Å². The molecule has 3 nitrogen and oxygen atoms in total. The molecule has 14 heavy (non-hydrogen) atoms. The third-order valence-electron chi connectivity index (χ3n) is 2.02. The van der Waals surface area contributed by atoms with E-state index in [0.29, 0.717) is 6.42 Å². The van der Waals surface area contributed by atoms with Crippen LogP contribution in [0.25, 0.3) is 0 Å². The number of Topliss-reactive ketones (excluding diaryl/α,β-unsaturated/α-hetero) is 1. The van der Waals surface area contributed by atoms with Crippen LogP contribution in [0.5, 0.6) is 0 Å². The smallest absolute Gasteiger partial charge is 0.306 e. The van der Waals surface area contributed by atoms with Crippen molar-refractivity contribution in [3.63, 3.8) is 0 Å². The molecule has 0 saturated heterocycles. The maximum Gasteiger partial charge on any atom is 0.306 e. The molecule has 0 aliphatic carbocycles. The van der Waals surface area contributed by atoms with Crippen LogP contribution in [0.3, 0.4) is 0 Å². The third kappa shape index (κ3) is 6.02. The van der Waals surface area contributed by atoms with E-state index in [1.54, 1.807) is 18.7 Å². The molecule has 0 aromatic carbocycles. The molecule has 0 aromatic rings. The Balaban J connectivity index is 3.70. The predicted molar refractivity (Wildman–Crippen MR) is 58.4 cm³/mol. The number of carbonyl (C=O) groups excluding carboxylic acids is 2. The zero-order valence-corrected chi connectivity index (χ0v) is 9.86. The molecular weight excluding hydrogens is 200 g/mol. The van der Waals surface area contributed by atoms with Gasteiger partial charge in [0.2, 0.25) is 0 Å². The summed E-state index contributed by atoms with van der Waals surface area (Å²) in [6, 6.07) is 0. The van der Waals surface area contributed by atoms with Gasteiger partial charge in [0.15, 0.2) is 0 Å². The second-order valence-corrected chi connectivity index (χ2v) is 4.23. The molecule has 0 amide bonds. The van der Waals surface area contributed by atoms with Crippen molar-refractivity contribution >= 4 is 23.5 Å². The van der Waals surface area contributed by atoms with E-state index in [1.807, 2.05) is 6.26 Å². The van der Waals surface area contributed by atoms with Gasteiger partial charge in [-0.1, -0.05) is 6.92 Å². The Labute approximate surface area is 89.6 Å². The fourth-order valence-electron chi connectivity index (χ4n) is 1.08. The van der Waals surface area contributed by atoms with Crippen molar-refractivity contribution in [1.82, 2.24) is 0 Å². The average molecular weight is 218 g/mol. The number of carbonyl (C=O) groups is 2. The lowest BCUT2D eigenvalue weighted by molar-refractivity contribution is -0.143.